The van der Waals surface area contributed by atoms with Crippen molar-refractivity contribution in [2.75, 3.05) is 0 Å². The van der Waals surface area contributed by atoms with E-state index in [-0.39, 0.29) is 5.92 Å². The number of nitrogens with zero attached hydrogens (tertiary/aromatic N) is 1. The summed E-state index contributed by atoms with van der Waals surface area (Å²) in [4.78, 5) is -0.452. The van der Waals surface area contributed by atoms with E-state index in [1.807, 2.05) is 6.07 Å². The van der Waals surface area contributed by atoms with E-state index in [2.05, 4.69) is 4.72 Å². The zero-order valence-electron chi connectivity index (χ0n) is 10.4. The third-order valence-corrected chi connectivity index (χ3v) is 4.46. The largest absolute Gasteiger partial charge is 0.244 e. The monoisotopic (exact) mass is 270 g/mol. The molecule has 0 saturated heterocycles. The minimum atomic E-state index is -4.05. The predicted molar refractivity (Wildman–Crippen MR) is 65.6 cm³/mol. The van der Waals surface area contributed by atoms with Gasteiger partial charge in [0.05, 0.1) is 6.07 Å². The van der Waals surface area contributed by atoms with Gasteiger partial charge in [-0.15, -0.1) is 0 Å². The van der Waals surface area contributed by atoms with E-state index in [0.717, 1.165) is 12.1 Å². The van der Waals surface area contributed by atoms with Crippen molar-refractivity contribution in [1.29, 1.82) is 5.26 Å². The van der Waals surface area contributed by atoms with Gasteiger partial charge in [-0.3, -0.25) is 0 Å². The molecular weight excluding hydrogens is 255 g/mol. The van der Waals surface area contributed by atoms with Crippen molar-refractivity contribution in [2.24, 2.45) is 5.92 Å². The van der Waals surface area contributed by atoms with Gasteiger partial charge in [-0.05, 0) is 25.0 Å². The van der Waals surface area contributed by atoms with Crippen molar-refractivity contribution in [3.05, 3.63) is 30.1 Å². The van der Waals surface area contributed by atoms with Gasteiger partial charge in [-0.1, -0.05) is 26.0 Å². The smallest absolute Gasteiger partial charge is 0.207 e. The number of sulfonamides is 1. The number of halogens is 1. The normalized spacial score (nSPS) is 15.1. The molecule has 0 aromatic heterocycles. The van der Waals surface area contributed by atoms with E-state index in [1.54, 1.807) is 13.8 Å². The van der Waals surface area contributed by atoms with Gasteiger partial charge in [0, 0.05) is 0 Å². The molecule has 0 saturated carbocycles. The van der Waals surface area contributed by atoms with Crippen molar-refractivity contribution in [2.45, 2.75) is 31.2 Å². The Morgan fingerprint density at radius 3 is 2.39 bits per heavy atom. The van der Waals surface area contributed by atoms with E-state index in [1.165, 1.54) is 19.1 Å². The third-order valence-electron chi connectivity index (χ3n) is 2.86. The first-order valence-electron chi connectivity index (χ1n) is 5.42. The molecule has 0 amide bonds. The lowest BCUT2D eigenvalue weighted by Gasteiger charge is -2.26. The Kier molecular flexibility index (Phi) is 4.09. The first kappa shape index (κ1) is 14.6. The van der Waals surface area contributed by atoms with E-state index in [4.69, 9.17) is 5.26 Å². The van der Waals surface area contributed by atoms with Crippen LogP contribution < -0.4 is 4.72 Å². The van der Waals surface area contributed by atoms with E-state index >= 15 is 0 Å². The van der Waals surface area contributed by atoms with Gasteiger partial charge < -0.3 is 0 Å². The van der Waals surface area contributed by atoms with Crippen molar-refractivity contribution in [1.82, 2.24) is 4.72 Å². The molecule has 0 aliphatic rings. The quantitative estimate of drug-likeness (QED) is 0.910. The SMILES string of the molecule is CC(C)[C@@](C)(C#N)NS(=O)(=O)c1ccccc1F. The fraction of sp³-hybridized carbons (Fsp3) is 0.417. The number of nitrogens with one attached hydrogen (secondary N) is 1. The number of hydrogen-bond donors (Lipinski definition) is 1. The Morgan fingerprint density at radius 1 is 1.39 bits per heavy atom. The topological polar surface area (TPSA) is 70.0 Å². The molecular formula is C12H15FN2O2S. The molecule has 0 aliphatic heterocycles. The average molecular weight is 270 g/mol. The molecule has 0 unspecified atom stereocenters. The second kappa shape index (κ2) is 5.04. The summed E-state index contributed by atoms with van der Waals surface area (Å²) >= 11 is 0. The molecule has 0 heterocycles. The average Bonchev–Trinajstić information content (AvgIpc) is 2.28. The lowest BCUT2D eigenvalue weighted by Crippen LogP contribution is -2.48. The van der Waals surface area contributed by atoms with E-state index in [0.29, 0.717) is 0 Å². The minimum absolute atomic E-state index is 0.246. The highest BCUT2D eigenvalue weighted by atomic mass is 32.2. The number of benzene rings is 1. The second-order valence-electron chi connectivity index (χ2n) is 4.50. The van der Waals surface area contributed by atoms with Crippen molar-refractivity contribution in [3.63, 3.8) is 0 Å². The molecule has 0 radical (unpaired) electrons. The summed E-state index contributed by atoms with van der Waals surface area (Å²) in [7, 11) is -4.05. The Hall–Kier alpha value is -1.45. The van der Waals surface area contributed by atoms with Crippen LogP contribution in [0.1, 0.15) is 20.8 Å². The number of rotatable bonds is 4. The number of nitriles is 1. The predicted octanol–water partition coefficient (Wildman–Crippen LogP) is 2.04. The maximum Gasteiger partial charge on any atom is 0.244 e. The van der Waals surface area contributed by atoms with Crippen LogP contribution in [0, 0.1) is 23.1 Å². The summed E-state index contributed by atoms with van der Waals surface area (Å²) in [6.07, 6.45) is 0. The van der Waals surface area contributed by atoms with Crippen LogP contribution in [0.2, 0.25) is 0 Å². The molecule has 1 atom stereocenters. The first-order valence-corrected chi connectivity index (χ1v) is 6.91. The van der Waals surface area contributed by atoms with Gasteiger partial charge in [-0.25, -0.2) is 12.8 Å². The third kappa shape index (κ3) is 2.86. The van der Waals surface area contributed by atoms with Gasteiger partial charge in [0.2, 0.25) is 10.0 Å². The van der Waals surface area contributed by atoms with E-state index in [9.17, 15) is 12.8 Å². The lowest BCUT2D eigenvalue weighted by molar-refractivity contribution is 0.388. The van der Waals surface area contributed by atoms with Crippen LogP contribution in [-0.4, -0.2) is 14.0 Å². The molecule has 1 rings (SSSR count). The standard InChI is InChI=1S/C12H15FN2O2S/c1-9(2)12(3,8-14)15-18(16,17)11-7-5-4-6-10(11)13/h4-7,9,15H,1-3H3/t12-/m1/s1. The maximum absolute atomic E-state index is 13.5. The Bertz CT molecular complexity index is 578. The highest BCUT2D eigenvalue weighted by Crippen LogP contribution is 2.21. The molecule has 1 N–H and O–H groups in total. The van der Waals surface area contributed by atoms with Crippen molar-refractivity contribution < 1.29 is 12.8 Å². The van der Waals surface area contributed by atoms with Crippen LogP contribution in [0.5, 0.6) is 0 Å². The summed E-state index contributed by atoms with van der Waals surface area (Å²) < 4.78 is 39.8. The highest BCUT2D eigenvalue weighted by Gasteiger charge is 2.34. The van der Waals surface area contributed by atoms with Crippen LogP contribution in [0.3, 0.4) is 0 Å². The molecule has 4 nitrogen and oxygen atoms in total. The van der Waals surface area contributed by atoms with Crippen LogP contribution >= 0.6 is 0 Å². The summed E-state index contributed by atoms with van der Waals surface area (Å²) in [5, 5.41) is 9.06. The molecule has 1 aromatic rings. The van der Waals surface area contributed by atoms with Gasteiger partial charge in [0.15, 0.2) is 0 Å². The Morgan fingerprint density at radius 2 is 1.94 bits per heavy atom. The summed E-state index contributed by atoms with van der Waals surface area (Å²) in [5.74, 6) is -1.09. The summed E-state index contributed by atoms with van der Waals surface area (Å²) in [5.41, 5.74) is -1.28. The fourth-order valence-electron chi connectivity index (χ4n) is 1.27. The molecule has 0 fully saturated rings. The highest BCUT2D eigenvalue weighted by molar-refractivity contribution is 7.89. The molecule has 0 spiro atoms. The Labute approximate surface area is 106 Å². The van der Waals surface area contributed by atoms with Crippen LogP contribution in [0.4, 0.5) is 4.39 Å². The zero-order chi connectivity index (χ0) is 14.0. The van der Waals surface area contributed by atoms with Gasteiger partial charge in [-0.2, -0.15) is 9.98 Å². The maximum atomic E-state index is 13.5. The van der Waals surface area contributed by atoms with Crippen molar-refractivity contribution >= 4 is 10.0 Å². The van der Waals surface area contributed by atoms with Gasteiger partial charge >= 0.3 is 0 Å². The molecule has 98 valence electrons. The number of hydrogen-bond acceptors (Lipinski definition) is 3. The summed E-state index contributed by atoms with van der Waals surface area (Å²) in [6.45, 7) is 4.90. The van der Waals surface area contributed by atoms with Crippen LogP contribution in [-0.2, 0) is 10.0 Å². The van der Waals surface area contributed by atoms with Crippen LogP contribution in [0.15, 0.2) is 29.2 Å². The van der Waals surface area contributed by atoms with Crippen LogP contribution in [0.25, 0.3) is 0 Å². The van der Waals surface area contributed by atoms with E-state index < -0.39 is 26.3 Å². The minimum Gasteiger partial charge on any atom is -0.207 e. The molecule has 0 bridgehead atoms. The zero-order valence-corrected chi connectivity index (χ0v) is 11.3. The fourth-order valence-corrected chi connectivity index (χ4v) is 2.80. The molecule has 0 aliphatic carbocycles. The lowest BCUT2D eigenvalue weighted by atomic mass is 9.92. The summed E-state index contributed by atoms with van der Waals surface area (Å²) in [6, 6.07) is 6.97. The Balaban J connectivity index is 3.19. The molecule has 6 heteroatoms. The second-order valence-corrected chi connectivity index (χ2v) is 6.16. The first-order chi connectivity index (χ1) is 8.23. The molecule has 1 aromatic carbocycles. The molecule has 18 heavy (non-hydrogen) atoms. The van der Waals surface area contributed by atoms with Gasteiger partial charge in [0.25, 0.3) is 0 Å². The van der Waals surface area contributed by atoms with Gasteiger partial charge in [0.1, 0.15) is 16.3 Å². The van der Waals surface area contributed by atoms with Crippen molar-refractivity contribution in [3.8, 4) is 6.07 Å².